The van der Waals surface area contributed by atoms with Crippen molar-refractivity contribution in [3.63, 3.8) is 0 Å². The molecule has 2 aliphatic carbocycles. The highest BCUT2D eigenvalue weighted by Crippen LogP contribution is 2.24. The lowest BCUT2D eigenvalue weighted by atomic mass is 9.93. The molecule has 7 nitrogen and oxygen atoms in total. The van der Waals surface area contributed by atoms with Crippen LogP contribution in [0.25, 0.3) is 0 Å². The zero-order valence-corrected chi connectivity index (χ0v) is 18.7. The maximum Gasteiger partial charge on any atom is 0.239 e. The van der Waals surface area contributed by atoms with Gasteiger partial charge in [0, 0.05) is 31.1 Å². The normalized spacial score (nSPS) is 17.7. The monoisotopic (exact) mass is 428 g/mol. The van der Waals surface area contributed by atoms with Gasteiger partial charge in [0.1, 0.15) is 5.82 Å². The highest BCUT2D eigenvalue weighted by atomic mass is 16.2. The van der Waals surface area contributed by atoms with Crippen molar-refractivity contribution >= 4 is 23.5 Å². The van der Waals surface area contributed by atoms with Crippen molar-refractivity contribution in [3.05, 3.63) is 23.9 Å². The molecule has 0 bridgehead atoms. The van der Waals surface area contributed by atoms with Crippen molar-refractivity contribution in [2.75, 3.05) is 11.9 Å². The Kier molecular flexibility index (Phi) is 8.85. The number of hydrogen-bond acceptors (Lipinski definition) is 4. The highest BCUT2D eigenvalue weighted by molar-refractivity contribution is 5.93. The lowest BCUT2D eigenvalue weighted by molar-refractivity contribution is -0.140. The largest absolute Gasteiger partial charge is 0.352 e. The van der Waals surface area contributed by atoms with Gasteiger partial charge in [0.05, 0.1) is 6.54 Å². The number of amides is 3. The van der Waals surface area contributed by atoms with E-state index in [0.29, 0.717) is 5.82 Å². The van der Waals surface area contributed by atoms with E-state index >= 15 is 0 Å². The lowest BCUT2D eigenvalue weighted by Crippen LogP contribution is -2.49. The zero-order chi connectivity index (χ0) is 22.1. The maximum absolute atomic E-state index is 13.0. The van der Waals surface area contributed by atoms with Crippen LogP contribution < -0.4 is 10.6 Å². The van der Waals surface area contributed by atoms with Crippen molar-refractivity contribution < 1.29 is 14.4 Å². The molecule has 0 unspecified atom stereocenters. The molecule has 0 saturated heterocycles. The minimum atomic E-state index is -0.235. The molecule has 0 spiro atoms. The van der Waals surface area contributed by atoms with Crippen LogP contribution in [0.3, 0.4) is 0 Å². The minimum Gasteiger partial charge on any atom is -0.352 e. The molecule has 0 radical (unpaired) electrons. The Morgan fingerprint density at radius 2 is 1.65 bits per heavy atom. The van der Waals surface area contributed by atoms with Crippen LogP contribution in [0, 0.1) is 6.92 Å². The first-order valence-electron chi connectivity index (χ1n) is 11.8. The molecular weight excluding hydrogens is 392 g/mol. The molecule has 2 N–H and O–H groups in total. The van der Waals surface area contributed by atoms with Crippen molar-refractivity contribution in [3.8, 4) is 0 Å². The van der Waals surface area contributed by atoms with Crippen LogP contribution in [0.2, 0.25) is 0 Å². The van der Waals surface area contributed by atoms with Gasteiger partial charge in [0.25, 0.3) is 0 Å². The Hall–Kier alpha value is -2.44. The number of aromatic nitrogens is 1. The summed E-state index contributed by atoms with van der Waals surface area (Å²) in [5.74, 6) is 0.0763. The standard InChI is InChI=1S/C24H36N4O3/c1-18-14-15-25-21(16-18)27-22(29)12-13-24(31)28(20-10-6-3-7-11-20)17-23(30)26-19-8-4-2-5-9-19/h14-16,19-20H,2-13,17H2,1H3,(H,26,30)(H,25,27,29). The first kappa shape index (κ1) is 23.2. The molecule has 0 atom stereocenters. The van der Waals surface area contributed by atoms with Crippen LogP contribution in [0.15, 0.2) is 18.3 Å². The van der Waals surface area contributed by atoms with Crippen LogP contribution in [-0.4, -0.2) is 46.2 Å². The summed E-state index contributed by atoms with van der Waals surface area (Å²) >= 11 is 0. The molecule has 1 aromatic rings. The van der Waals surface area contributed by atoms with Crippen LogP contribution >= 0.6 is 0 Å². The molecule has 2 aliphatic rings. The number of nitrogens with zero attached hydrogens (tertiary/aromatic N) is 2. The number of rotatable bonds is 8. The molecule has 0 aliphatic heterocycles. The summed E-state index contributed by atoms with van der Waals surface area (Å²) in [7, 11) is 0. The van der Waals surface area contributed by atoms with Gasteiger partial charge in [-0.1, -0.05) is 38.5 Å². The van der Waals surface area contributed by atoms with E-state index in [0.717, 1.165) is 56.9 Å². The number of carbonyl (C=O) groups is 3. The molecule has 3 amide bonds. The summed E-state index contributed by atoms with van der Waals surface area (Å²) in [6.45, 7) is 2.03. The fourth-order valence-electron chi connectivity index (χ4n) is 4.66. The molecule has 0 aromatic carbocycles. The highest BCUT2D eigenvalue weighted by Gasteiger charge is 2.28. The molecule has 1 heterocycles. The van der Waals surface area contributed by atoms with E-state index in [4.69, 9.17) is 0 Å². The second-order valence-corrected chi connectivity index (χ2v) is 8.98. The van der Waals surface area contributed by atoms with Gasteiger partial charge in [0.2, 0.25) is 17.7 Å². The quantitative estimate of drug-likeness (QED) is 0.660. The fourth-order valence-corrected chi connectivity index (χ4v) is 4.66. The van der Waals surface area contributed by atoms with Gasteiger partial charge in [-0.25, -0.2) is 4.98 Å². The van der Waals surface area contributed by atoms with E-state index in [-0.39, 0.29) is 49.2 Å². The van der Waals surface area contributed by atoms with Gasteiger partial charge >= 0.3 is 0 Å². The third kappa shape index (κ3) is 7.64. The third-order valence-corrected chi connectivity index (χ3v) is 6.37. The van der Waals surface area contributed by atoms with Gasteiger partial charge in [0.15, 0.2) is 0 Å². The molecule has 31 heavy (non-hydrogen) atoms. The van der Waals surface area contributed by atoms with E-state index in [1.165, 1.54) is 12.8 Å². The van der Waals surface area contributed by atoms with Gasteiger partial charge in [-0.05, 0) is 50.3 Å². The fraction of sp³-hybridized carbons (Fsp3) is 0.667. The Balaban J connectivity index is 1.53. The SMILES string of the molecule is Cc1ccnc(NC(=O)CCC(=O)N(CC(=O)NC2CCCCC2)C2CCCCC2)c1. The number of aryl methyl sites for hydroxylation is 1. The Morgan fingerprint density at radius 3 is 2.32 bits per heavy atom. The van der Waals surface area contributed by atoms with Gasteiger partial charge in [-0.2, -0.15) is 0 Å². The van der Waals surface area contributed by atoms with Crippen LogP contribution in [0.4, 0.5) is 5.82 Å². The molecule has 1 aromatic heterocycles. The maximum atomic E-state index is 13.0. The first-order chi connectivity index (χ1) is 15.0. The van der Waals surface area contributed by atoms with E-state index < -0.39 is 0 Å². The summed E-state index contributed by atoms with van der Waals surface area (Å²) in [6.07, 6.45) is 12.6. The Bertz CT molecular complexity index is 755. The van der Waals surface area contributed by atoms with E-state index in [9.17, 15) is 14.4 Å². The minimum absolute atomic E-state index is 0.0702. The van der Waals surface area contributed by atoms with Gasteiger partial charge in [-0.15, -0.1) is 0 Å². The third-order valence-electron chi connectivity index (χ3n) is 6.37. The predicted octanol–water partition coefficient (Wildman–Crippen LogP) is 3.72. The van der Waals surface area contributed by atoms with Crippen molar-refractivity contribution in [2.45, 2.75) is 96.1 Å². The van der Waals surface area contributed by atoms with E-state index in [1.54, 1.807) is 17.2 Å². The summed E-state index contributed by atoms with van der Waals surface area (Å²) in [5.41, 5.74) is 1.01. The summed E-state index contributed by atoms with van der Waals surface area (Å²) in [5, 5.41) is 5.88. The lowest BCUT2D eigenvalue weighted by Gasteiger charge is -2.34. The number of hydrogen-bond donors (Lipinski definition) is 2. The number of anilines is 1. The Morgan fingerprint density at radius 1 is 0.968 bits per heavy atom. The Labute approximate surface area is 185 Å². The zero-order valence-electron chi connectivity index (χ0n) is 18.7. The first-order valence-corrected chi connectivity index (χ1v) is 11.8. The predicted molar refractivity (Wildman–Crippen MR) is 120 cm³/mol. The molecule has 170 valence electrons. The van der Waals surface area contributed by atoms with Gasteiger partial charge in [-0.3, -0.25) is 14.4 Å². The molecule has 3 rings (SSSR count). The molecule has 7 heteroatoms. The van der Waals surface area contributed by atoms with Crippen molar-refractivity contribution in [2.24, 2.45) is 0 Å². The average Bonchev–Trinajstić information content (AvgIpc) is 2.77. The summed E-state index contributed by atoms with van der Waals surface area (Å²) in [6, 6.07) is 3.99. The second-order valence-electron chi connectivity index (χ2n) is 8.98. The van der Waals surface area contributed by atoms with Crippen LogP contribution in [-0.2, 0) is 14.4 Å². The topological polar surface area (TPSA) is 91.4 Å². The smallest absolute Gasteiger partial charge is 0.239 e. The second kappa shape index (κ2) is 11.8. The number of nitrogens with one attached hydrogen (secondary N) is 2. The van der Waals surface area contributed by atoms with Crippen molar-refractivity contribution in [1.29, 1.82) is 0 Å². The van der Waals surface area contributed by atoms with E-state index in [2.05, 4.69) is 15.6 Å². The molecule has 2 fully saturated rings. The molecular formula is C24H36N4O3. The summed E-state index contributed by atoms with van der Waals surface area (Å²) < 4.78 is 0. The summed E-state index contributed by atoms with van der Waals surface area (Å²) in [4.78, 5) is 43.9. The van der Waals surface area contributed by atoms with E-state index in [1.807, 2.05) is 13.0 Å². The van der Waals surface area contributed by atoms with Crippen LogP contribution in [0.1, 0.15) is 82.6 Å². The van der Waals surface area contributed by atoms with Crippen molar-refractivity contribution in [1.82, 2.24) is 15.2 Å². The number of pyridine rings is 1. The average molecular weight is 429 g/mol. The number of carbonyl (C=O) groups excluding carboxylic acids is 3. The molecule has 2 saturated carbocycles. The van der Waals surface area contributed by atoms with Gasteiger partial charge < -0.3 is 15.5 Å². The van der Waals surface area contributed by atoms with Crippen LogP contribution in [0.5, 0.6) is 0 Å².